The maximum absolute atomic E-state index is 10.4. The summed E-state index contributed by atoms with van der Waals surface area (Å²) in [7, 11) is 0. The van der Waals surface area contributed by atoms with E-state index in [1.165, 1.54) is 19.3 Å². The van der Waals surface area contributed by atoms with Gasteiger partial charge in [0.25, 0.3) is 0 Å². The summed E-state index contributed by atoms with van der Waals surface area (Å²) in [5.74, 6) is 1.21. The van der Waals surface area contributed by atoms with Crippen molar-refractivity contribution in [2.75, 3.05) is 0 Å². The first-order valence-corrected chi connectivity index (χ1v) is 6.87. The summed E-state index contributed by atoms with van der Waals surface area (Å²) in [6.45, 7) is 2.25. The van der Waals surface area contributed by atoms with E-state index in [0.29, 0.717) is 10.9 Å². The molecule has 17 heavy (non-hydrogen) atoms. The number of aliphatic hydroxyl groups is 1. The fourth-order valence-corrected chi connectivity index (χ4v) is 3.02. The molecule has 0 aromatic carbocycles. The molecule has 1 atom stereocenters. The van der Waals surface area contributed by atoms with Crippen molar-refractivity contribution >= 4 is 11.6 Å². The van der Waals surface area contributed by atoms with Gasteiger partial charge in [-0.25, -0.2) is 0 Å². The lowest BCUT2D eigenvalue weighted by atomic mass is 9.77. The summed E-state index contributed by atoms with van der Waals surface area (Å²) in [6, 6.07) is 1.83. The van der Waals surface area contributed by atoms with Crippen LogP contribution in [0.3, 0.4) is 0 Å². The average molecular weight is 254 g/mol. The van der Waals surface area contributed by atoms with Crippen molar-refractivity contribution in [3.63, 3.8) is 0 Å². The van der Waals surface area contributed by atoms with Crippen LogP contribution in [0.25, 0.3) is 0 Å². The number of pyridine rings is 1. The van der Waals surface area contributed by atoms with Crippen LogP contribution in [0.15, 0.2) is 18.5 Å². The monoisotopic (exact) mass is 253 g/mol. The molecule has 0 bridgehead atoms. The van der Waals surface area contributed by atoms with E-state index in [1.54, 1.807) is 12.4 Å². The van der Waals surface area contributed by atoms with Crippen LogP contribution in [0, 0.1) is 11.8 Å². The SMILES string of the molecule is CCC1CCC(C(O)c2ccncc2Cl)CC1. The average Bonchev–Trinajstić information content (AvgIpc) is 2.39. The van der Waals surface area contributed by atoms with E-state index >= 15 is 0 Å². The molecular weight excluding hydrogens is 234 g/mol. The molecule has 1 saturated carbocycles. The van der Waals surface area contributed by atoms with Crippen LogP contribution in [-0.4, -0.2) is 10.1 Å². The predicted octanol–water partition coefficient (Wildman–Crippen LogP) is 3.98. The van der Waals surface area contributed by atoms with E-state index in [0.717, 1.165) is 24.3 Å². The Morgan fingerprint density at radius 2 is 2.12 bits per heavy atom. The van der Waals surface area contributed by atoms with Crippen molar-refractivity contribution < 1.29 is 5.11 Å². The number of aromatic nitrogens is 1. The highest BCUT2D eigenvalue weighted by molar-refractivity contribution is 6.31. The van der Waals surface area contributed by atoms with E-state index in [1.807, 2.05) is 6.07 Å². The van der Waals surface area contributed by atoms with E-state index in [2.05, 4.69) is 11.9 Å². The minimum Gasteiger partial charge on any atom is -0.388 e. The highest BCUT2D eigenvalue weighted by Gasteiger charge is 2.27. The first-order chi connectivity index (χ1) is 8.22. The Balaban J connectivity index is 2.02. The van der Waals surface area contributed by atoms with Gasteiger partial charge in [-0.15, -0.1) is 0 Å². The fourth-order valence-electron chi connectivity index (χ4n) is 2.79. The number of aliphatic hydroxyl groups excluding tert-OH is 1. The standard InChI is InChI=1S/C14H20ClNO/c1-2-10-3-5-11(6-4-10)14(17)12-7-8-16-9-13(12)15/h7-11,14,17H,2-6H2,1H3. The zero-order valence-corrected chi connectivity index (χ0v) is 11.0. The normalized spacial score (nSPS) is 26.8. The molecule has 1 aliphatic rings. The molecular formula is C14H20ClNO. The largest absolute Gasteiger partial charge is 0.388 e. The van der Waals surface area contributed by atoms with E-state index in [9.17, 15) is 5.11 Å². The number of nitrogens with zero attached hydrogens (tertiary/aromatic N) is 1. The summed E-state index contributed by atoms with van der Waals surface area (Å²) >= 11 is 6.07. The quantitative estimate of drug-likeness (QED) is 0.884. The minimum atomic E-state index is -0.427. The molecule has 1 aliphatic carbocycles. The molecule has 2 rings (SSSR count). The molecule has 2 nitrogen and oxygen atoms in total. The molecule has 0 saturated heterocycles. The third kappa shape index (κ3) is 2.99. The summed E-state index contributed by atoms with van der Waals surface area (Å²) in [6.07, 6.45) is 8.83. The van der Waals surface area contributed by atoms with Gasteiger partial charge in [0.15, 0.2) is 0 Å². The Bertz CT molecular complexity index is 361. The Kier molecular flexibility index (Phi) is 4.41. The van der Waals surface area contributed by atoms with Crippen molar-refractivity contribution in [1.29, 1.82) is 0 Å². The second-order valence-corrected chi connectivity index (χ2v) is 5.44. The van der Waals surface area contributed by atoms with Crippen molar-refractivity contribution in [2.24, 2.45) is 11.8 Å². The van der Waals surface area contributed by atoms with Crippen LogP contribution in [0.5, 0.6) is 0 Å². The van der Waals surface area contributed by atoms with Crippen LogP contribution in [0.1, 0.15) is 50.7 Å². The molecule has 0 spiro atoms. The van der Waals surface area contributed by atoms with Crippen molar-refractivity contribution in [2.45, 2.75) is 45.1 Å². The van der Waals surface area contributed by atoms with Crippen molar-refractivity contribution in [1.82, 2.24) is 4.98 Å². The van der Waals surface area contributed by atoms with Gasteiger partial charge in [-0.1, -0.05) is 37.8 Å². The van der Waals surface area contributed by atoms with Gasteiger partial charge in [0.1, 0.15) is 0 Å². The predicted molar refractivity (Wildman–Crippen MR) is 69.9 cm³/mol. The third-order valence-electron chi connectivity index (χ3n) is 4.04. The van der Waals surface area contributed by atoms with Gasteiger partial charge in [-0.3, -0.25) is 4.98 Å². The van der Waals surface area contributed by atoms with Gasteiger partial charge in [-0.2, -0.15) is 0 Å². The van der Waals surface area contributed by atoms with Crippen molar-refractivity contribution in [3.8, 4) is 0 Å². The van der Waals surface area contributed by atoms with Crippen LogP contribution in [-0.2, 0) is 0 Å². The third-order valence-corrected chi connectivity index (χ3v) is 4.35. The van der Waals surface area contributed by atoms with Crippen LogP contribution in [0.4, 0.5) is 0 Å². The summed E-state index contributed by atoms with van der Waals surface area (Å²) < 4.78 is 0. The fraction of sp³-hybridized carbons (Fsp3) is 0.643. The minimum absolute atomic E-state index is 0.359. The highest BCUT2D eigenvalue weighted by Crippen LogP contribution is 2.39. The smallest absolute Gasteiger partial charge is 0.0833 e. The van der Waals surface area contributed by atoms with Gasteiger partial charge in [-0.05, 0) is 30.7 Å². The Hall–Kier alpha value is -0.600. The molecule has 1 fully saturated rings. The molecule has 0 radical (unpaired) electrons. The van der Waals surface area contributed by atoms with Gasteiger partial charge >= 0.3 is 0 Å². The summed E-state index contributed by atoms with van der Waals surface area (Å²) in [5.41, 5.74) is 0.835. The van der Waals surface area contributed by atoms with E-state index < -0.39 is 6.10 Å². The number of hydrogen-bond acceptors (Lipinski definition) is 2. The number of halogens is 1. The molecule has 1 heterocycles. The van der Waals surface area contributed by atoms with E-state index in [-0.39, 0.29) is 0 Å². The van der Waals surface area contributed by atoms with Crippen molar-refractivity contribution in [3.05, 3.63) is 29.0 Å². The number of hydrogen-bond donors (Lipinski definition) is 1. The van der Waals surface area contributed by atoms with Gasteiger partial charge in [0.05, 0.1) is 11.1 Å². The second-order valence-electron chi connectivity index (χ2n) is 5.03. The molecule has 0 amide bonds. The zero-order valence-electron chi connectivity index (χ0n) is 10.3. The lowest BCUT2D eigenvalue weighted by molar-refractivity contribution is 0.0729. The molecule has 94 valence electrons. The van der Waals surface area contributed by atoms with Gasteiger partial charge in [0.2, 0.25) is 0 Å². The first-order valence-electron chi connectivity index (χ1n) is 6.49. The molecule has 1 unspecified atom stereocenters. The maximum atomic E-state index is 10.4. The lowest BCUT2D eigenvalue weighted by Crippen LogP contribution is -2.20. The van der Waals surface area contributed by atoms with Crippen LogP contribution in [0.2, 0.25) is 5.02 Å². The summed E-state index contributed by atoms with van der Waals surface area (Å²) in [4.78, 5) is 3.95. The first kappa shape index (κ1) is 12.8. The highest BCUT2D eigenvalue weighted by atomic mass is 35.5. The van der Waals surface area contributed by atoms with Crippen LogP contribution >= 0.6 is 11.6 Å². The Morgan fingerprint density at radius 1 is 1.41 bits per heavy atom. The molecule has 3 heteroatoms. The summed E-state index contributed by atoms with van der Waals surface area (Å²) in [5, 5.41) is 11.0. The Morgan fingerprint density at radius 3 is 2.71 bits per heavy atom. The van der Waals surface area contributed by atoms with Gasteiger partial charge in [0, 0.05) is 18.0 Å². The van der Waals surface area contributed by atoms with Gasteiger partial charge < -0.3 is 5.11 Å². The van der Waals surface area contributed by atoms with Crippen LogP contribution < -0.4 is 0 Å². The zero-order chi connectivity index (χ0) is 12.3. The molecule has 0 aliphatic heterocycles. The topological polar surface area (TPSA) is 33.1 Å². The Labute approximate surface area is 108 Å². The molecule has 1 N–H and O–H groups in total. The molecule has 1 aromatic rings. The lowest BCUT2D eigenvalue weighted by Gasteiger charge is -2.31. The maximum Gasteiger partial charge on any atom is 0.0833 e. The second kappa shape index (κ2) is 5.83. The number of rotatable bonds is 3. The van der Waals surface area contributed by atoms with E-state index in [4.69, 9.17) is 11.6 Å². The molecule has 1 aromatic heterocycles.